The fourth-order valence-electron chi connectivity index (χ4n) is 2.56. The Morgan fingerprint density at radius 2 is 0.409 bits per heavy atom. The first-order valence-corrected chi connectivity index (χ1v) is 10.6. The molecule has 0 N–H and O–H groups in total. The smallest absolute Gasteiger partial charge is 0.0325 e. The molecule has 0 aromatic rings. The first-order valence-electron chi connectivity index (χ1n) is 10.6. The predicted molar refractivity (Wildman–Crippen MR) is 112 cm³/mol. The zero-order valence-electron chi connectivity index (χ0n) is 19.2. The lowest BCUT2D eigenvalue weighted by molar-refractivity contribution is 0.0164. The maximum atomic E-state index is 2.48. The minimum atomic E-state index is 0.762. The minimum Gasteiger partial charge on any atom is -0.0683 e. The van der Waals surface area contributed by atoms with E-state index in [0.717, 1.165) is 10.8 Å². The molecule has 0 saturated heterocycles. The quantitative estimate of drug-likeness (QED) is 0.417. The molecule has 0 atom stereocenters. The second kappa shape index (κ2) is 25.9. The van der Waals surface area contributed by atoms with E-state index in [-0.39, 0.29) is 0 Å². The Bertz CT molecular complexity index is 104. The lowest BCUT2D eigenvalue weighted by Crippen LogP contribution is -2.37. The van der Waals surface area contributed by atoms with Crippen LogP contribution in [0.15, 0.2) is 0 Å². The van der Waals surface area contributed by atoms with Crippen molar-refractivity contribution in [3.63, 3.8) is 0 Å². The van der Waals surface area contributed by atoms with Crippen LogP contribution in [0.5, 0.6) is 0 Å². The molecule has 3 aliphatic carbocycles. The van der Waals surface area contributed by atoms with Crippen LogP contribution in [0.4, 0.5) is 0 Å². The number of hydrogen-bond acceptors (Lipinski definition) is 0. The van der Waals surface area contributed by atoms with E-state index in [2.05, 4.69) is 13.8 Å². The molecule has 3 aliphatic rings. The maximum absolute atomic E-state index is 2.48. The van der Waals surface area contributed by atoms with Gasteiger partial charge in [-0.2, -0.15) is 0 Å². The van der Waals surface area contributed by atoms with Crippen LogP contribution < -0.4 is 0 Å². The van der Waals surface area contributed by atoms with Crippen LogP contribution in [-0.2, 0) is 0 Å². The Hall–Kier alpha value is 0. The van der Waals surface area contributed by atoms with Crippen LogP contribution in [0.25, 0.3) is 0 Å². The van der Waals surface area contributed by atoms with Gasteiger partial charge < -0.3 is 0 Å². The molecule has 142 valence electrons. The van der Waals surface area contributed by atoms with E-state index in [1.54, 1.807) is 0 Å². The zero-order chi connectivity index (χ0) is 19.2. The highest BCUT2D eigenvalue weighted by Crippen LogP contribution is 2.56. The highest BCUT2D eigenvalue weighted by molar-refractivity contribution is 4.94. The third-order valence-corrected chi connectivity index (χ3v) is 4.00. The van der Waals surface area contributed by atoms with Gasteiger partial charge >= 0.3 is 0 Å². The van der Waals surface area contributed by atoms with Crippen molar-refractivity contribution in [2.75, 3.05) is 0 Å². The van der Waals surface area contributed by atoms with Crippen molar-refractivity contribution in [3.05, 3.63) is 0 Å². The summed E-state index contributed by atoms with van der Waals surface area (Å²) >= 11 is 0. The number of rotatable bonds is 0. The van der Waals surface area contributed by atoms with Crippen molar-refractivity contribution in [2.45, 2.75) is 135 Å². The van der Waals surface area contributed by atoms with Crippen molar-refractivity contribution in [3.8, 4) is 0 Å². The molecule has 0 unspecified atom stereocenters. The lowest BCUT2D eigenvalue weighted by Gasteiger charge is -2.50. The number of fused-ring (bicyclic) bond motifs is 3. The summed E-state index contributed by atoms with van der Waals surface area (Å²) in [5.41, 5.74) is 1.52. The fraction of sp³-hybridized carbons (Fsp3) is 1.00. The molecule has 3 saturated carbocycles. The summed E-state index contributed by atoms with van der Waals surface area (Å²) in [6, 6.07) is 0. The van der Waals surface area contributed by atoms with Crippen LogP contribution in [0, 0.1) is 10.8 Å². The molecular weight excluding hydrogens is 264 g/mol. The molecule has 3 rings (SSSR count). The first-order chi connectivity index (χ1) is 10.6. The molecule has 0 amide bonds. The normalized spacial score (nSPS) is 25.9. The Labute approximate surface area is 146 Å². The van der Waals surface area contributed by atoms with E-state index in [1.165, 1.54) is 38.5 Å². The van der Waals surface area contributed by atoms with Crippen molar-refractivity contribution >= 4 is 0 Å². The molecule has 0 radical (unpaired) electrons. The van der Waals surface area contributed by atoms with E-state index in [0.29, 0.717) is 0 Å². The maximum Gasteiger partial charge on any atom is -0.0325 e. The minimum absolute atomic E-state index is 0.762. The monoisotopic (exact) mass is 318 g/mol. The van der Waals surface area contributed by atoms with E-state index in [1.807, 2.05) is 83.1 Å². The average Bonchev–Trinajstić information content (AvgIpc) is 2.67. The van der Waals surface area contributed by atoms with Gasteiger partial charge in [0, 0.05) is 0 Å². The summed E-state index contributed by atoms with van der Waals surface area (Å²) in [7, 11) is 0. The van der Waals surface area contributed by atoms with Crippen LogP contribution in [0.1, 0.15) is 135 Å². The second-order valence-corrected chi connectivity index (χ2v) is 5.12. The van der Waals surface area contributed by atoms with Gasteiger partial charge in [0.25, 0.3) is 0 Å². The molecule has 2 bridgehead atoms. The Morgan fingerprint density at radius 3 is 0.500 bits per heavy atom. The van der Waals surface area contributed by atoms with Crippen molar-refractivity contribution in [2.24, 2.45) is 10.8 Å². The Kier molecular flexibility index (Phi) is 39.6. The van der Waals surface area contributed by atoms with E-state index >= 15 is 0 Å². The third kappa shape index (κ3) is 16.4. The van der Waals surface area contributed by atoms with E-state index < -0.39 is 0 Å². The third-order valence-electron chi connectivity index (χ3n) is 4.00. The molecule has 0 spiro atoms. The summed E-state index contributed by atoms with van der Waals surface area (Å²) in [6.45, 7) is 29.0. The second-order valence-electron chi connectivity index (χ2n) is 5.12. The lowest BCUT2D eigenvalue weighted by atomic mass is 9.55. The molecular formula is C22H54. The standard InChI is InChI=1S/C10H18.6C2H6/c1-9-3-6-10(2,7-4-9)8-5-9;6*1-2/h3-8H2,1-2H3;6*1-2H3. The molecule has 0 aliphatic heterocycles. The van der Waals surface area contributed by atoms with Crippen molar-refractivity contribution < 1.29 is 0 Å². The van der Waals surface area contributed by atoms with Gasteiger partial charge in [-0.1, -0.05) is 96.9 Å². The number of hydrogen-bond donors (Lipinski definition) is 0. The Morgan fingerprint density at radius 1 is 0.318 bits per heavy atom. The topological polar surface area (TPSA) is 0 Å². The molecule has 0 aromatic carbocycles. The van der Waals surface area contributed by atoms with Gasteiger partial charge in [0.05, 0.1) is 0 Å². The van der Waals surface area contributed by atoms with Gasteiger partial charge in [0.2, 0.25) is 0 Å². The highest BCUT2D eigenvalue weighted by Gasteiger charge is 2.42. The van der Waals surface area contributed by atoms with Gasteiger partial charge in [-0.05, 0) is 49.4 Å². The molecule has 0 nitrogen and oxygen atoms in total. The zero-order valence-corrected chi connectivity index (χ0v) is 19.2. The van der Waals surface area contributed by atoms with Gasteiger partial charge in [-0.25, -0.2) is 0 Å². The van der Waals surface area contributed by atoms with Crippen molar-refractivity contribution in [1.29, 1.82) is 0 Å². The van der Waals surface area contributed by atoms with E-state index in [9.17, 15) is 0 Å². The highest BCUT2D eigenvalue weighted by atomic mass is 14.5. The largest absolute Gasteiger partial charge is 0.0683 e. The van der Waals surface area contributed by atoms with Crippen LogP contribution in [0.3, 0.4) is 0 Å². The first kappa shape index (κ1) is 33.6. The van der Waals surface area contributed by atoms with Gasteiger partial charge in [-0.15, -0.1) is 0 Å². The van der Waals surface area contributed by atoms with Gasteiger partial charge in [-0.3, -0.25) is 0 Å². The molecule has 0 heteroatoms. The Balaban J connectivity index is -0.0000000689. The summed E-state index contributed by atoms with van der Waals surface area (Å²) in [5, 5.41) is 0. The molecule has 22 heavy (non-hydrogen) atoms. The van der Waals surface area contributed by atoms with Crippen LogP contribution in [0.2, 0.25) is 0 Å². The summed E-state index contributed by atoms with van der Waals surface area (Å²) in [5.74, 6) is 0. The average molecular weight is 319 g/mol. The molecule has 0 aromatic heterocycles. The molecule has 3 fully saturated rings. The van der Waals surface area contributed by atoms with Gasteiger partial charge in [0.1, 0.15) is 0 Å². The van der Waals surface area contributed by atoms with E-state index in [4.69, 9.17) is 0 Å². The van der Waals surface area contributed by atoms with Gasteiger partial charge in [0.15, 0.2) is 0 Å². The summed E-state index contributed by atoms with van der Waals surface area (Å²) in [4.78, 5) is 0. The summed E-state index contributed by atoms with van der Waals surface area (Å²) in [6.07, 6.45) is 9.02. The summed E-state index contributed by atoms with van der Waals surface area (Å²) < 4.78 is 0. The van der Waals surface area contributed by atoms with Crippen molar-refractivity contribution in [1.82, 2.24) is 0 Å². The fourth-order valence-corrected chi connectivity index (χ4v) is 2.56. The molecule has 0 heterocycles. The SMILES string of the molecule is CC.CC.CC.CC.CC.CC.CC12CCC(C)(CC1)CC2. The van der Waals surface area contributed by atoms with Crippen LogP contribution in [-0.4, -0.2) is 0 Å². The predicted octanol–water partition coefficient (Wildman–Crippen LogP) is 9.52. The van der Waals surface area contributed by atoms with Crippen LogP contribution >= 0.6 is 0 Å².